The first-order valence-electron chi connectivity index (χ1n) is 9.61. The molecule has 8 heteroatoms. The Morgan fingerprint density at radius 3 is 2.60 bits per heavy atom. The number of rotatable bonds is 8. The van der Waals surface area contributed by atoms with Gasteiger partial charge >= 0.3 is 0 Å². The molecule has 3 rings (SSSR count). The summed E-state index contributed by atoms with van der Waals surface area (Å²) in [6.45, 7) is 5.24. The zero-order chi connectivity index (χ0) is 21.7. The summed E-state index contributed by atoms with van der Waals surface area (Å²) >= 11 is 17.4. The van der Waals surface area contributed by atoms with E-state index < -0.39 is 0 Å². The van der Waals surface area contributed by atoms with Gasteiger partial charge in [-0.05, 0) is 61.5 Å². The molecule has 2 aromatic rings. The maximum absolute atomic E-state index is 12.5. The van der Waals surface area contributed by atoms with Gasteiger partial charge in [-0.15, -0.1) is 0 Å². The number of hydrogen-bond acceptors (Lipinski definition) is 4. The minimum Gasteiger partial charge on any atom is -0.490 e. The number of benzene rings is 2. The van der Waals surface area contributed by atoms with Crippen molar-refractivity contribution in [1.82, 2.24) is 10.2 Å². The highest BCUT2D eigenvalue weighted by Crippen LogP contribution is 2.31. The molecular formula is C22H22Cl2N2O3S. The van der Waals surface area contributed by atoms with Crippen LogP contribution in [0.25, 0.3) is 6.08 Å². The van der Waals surface area contributed by atoms with Crippen LogP contribution in [-0.4, -0.2) is 29.1 Å². The molecule has 1 aliphatic heterocycles. The van der Waals surface area contributed by atoms with Gasteiger partial charge in [-0.2, -0.15) is 0 Å². The smallest absolute Gasteiger partial charge is 0.276 e. The number of amides is 1. The van der Waals surface area contributed by atoms with Crippen LogP contribution in [-0.2, 0) is 11.4 Å². The van der Waals surface area contributed by atoms with Gasteiger partial charge in [-0.3, -0.25) is 9.69 Å². The Hall–Kier alpha value is -2.28. The van der Waals surface area contributed by atoms with Crippen molar-refractivity contribution >= 4 is 52.5 Å². The van der Waals surface area contributed by atoms with Gasteiger partial charge in [0.25, 0.3) is 5.91 Å². The number of carbonyl (C=O) groups excluding carboxylic acids is 1. The maximum Gasteiger partial charge on any atom is 0.276 e. The average Bonchev–Trinajstić information content (AvgIpc) is 2.96. The third kappa shape index (κ3) is 5.25. The number of halogens is 2. The predicted molar refractivity (Wildman–Crippen MR) is 124 cm³/mol. The van der Waals surface area contributed by atoms with Crippen LogP contribution in [0, 0.1) is 0 Å². The van der Waals surface area contributed by atoms with Gasteiger partial charge in [0.1, 0.15) is 12.3 Å². The quantitative estimate of drug-likeness (QED) is 0.416. The first-order valence-corrected chi connectivity index (χ1v) is 10.8. The Morgan fingerprint density at radius 2 is 1.90 bits per heavy atom. The van der Waals surface area contributed by atoms with Crippen molar-refractivity contribution in [2.45, 2.75) is 26.9 Å². The zero-order valence-corrected chi connectivity index (χ0v) is 19.0. The Bertz CT molecular complexity index is 994. The van der Waals surface area contributed by atoms with E-state index in [4.69, 9.17) is 44.9 Å². The molecule has 1 fully saturated rings. The number of nitrogens with zero attached hydrogens (tertiary/aromatic N) is 1. The largest absolute Gasteiger partial charge is 0.490 e. The minimum absolute atomic E-state index is 0.127. The molecule has 30 heavy (non-hydrogen) atoms. The lowest BCUT2D eigenvalue weighted by atomic mass is 10.1. The van der Waals surface area contributed by atoms with E-state index in [2.05, 4.69) is 5.32 Å². The fourth-order valence-corrected chi connectivity index (χ4v) is 3.71. The van der Waals surface area contributed by atoms with Gasteiger partial charge in [0.2, 0.25) is 0 Å². The first-order chi connectivity index (χ1) is 14.4. The molecule has 158 valence electrons. The Labute approximate surface area is 191 Å². The molecule has 0 radical (unpaired) electrons. The number of nitrogens with one attached hydrogen (secondary N) is 1. The summed E-state index contributed by atoms with van der Waals surface area (Å²) in [5.41, 5.74) is 2.06. The van der Waals surface area contributed by atoms with Crippen LogP contribution in [0.4, 0.5) is 0 Å². The second-order valence-electron chi connectivity index (χ2n) is 6.61. The summed E-state index contributed by atoms with van der Waals surface area (Å²) in [7, 11) is 0. The van der Waals surface area contributed by atoms with Crippen molar-refractivity contribution in [2.75, 3.05) is 13.2 Å². The van der Waals surface area contributed by atoms with Crippen LogP contribution >= 0.6 is 35.4 Å². The van der Waals surface area contributed by atoms with E-state index in [1.807, 2.05) is 38.1 Å². The molecule has 1 saturated heterocycles. The fraction of sp³-hybridized carbons (Fsp3) is 0.273. The second-order valence-corrected chi connectivity index (χ2v) is 7.84. The molecule has 1 heterocycles. The van der Waals surface area contributed by atoms with Gasteiger partial charge < -0.3 is 14.8 Å². The van der Waals surface area contributed by atoms with E-state index >= 15 is 0 Å². The van der Waals surface area contributed by atoms with Gasteiger partial charge in [-0.25, -0.2) is 0 Å². The Balaban J connectivity index is 1.79. The normalized spacial score (nSPS) is 14.9. The lowest BCUT2D eigenvalue weighted by molar-refractivity contribution is -0.122. The van der Waals surface area contributed by atoms with E-state index in [1.54, 1.807) is 23.1 Å². The monoisotopic (exact) mass is 464 g/mol. The molecule has 1 aliphatic rings. The summed E-state index contributed by atoms with van der Waals surface area (Å²) in [6, 6.07) is 10.8. The summed E-state index contributed by atoms with van der Waals surface area (Å²) < 4.78 is 11.7. The highest BCUT2D eigenvalue weighted by atomic mass is 35.5. The third-order valence-corrected chi connectivity index (χ3v) is 5.30. The zero-order valence-electron chi connectivity index (χ0n) is 16.7. The Morgan fingerprint density at radius 1 is 1.10 bits per heavy atom. The van der Waals surface area contributed by atoms with Crippen molar-refractivity contribution in [3.63, 3.8) is 0 Å². The van der Waals surface area contributed by atoms with Crippen LogP contribution in [0.1, 0.15) is 31.4 Å². The second kappa shape index (κ2) is 10.2. The van der Waals surface area contributed by atoms with Gasteiger partial charge in [0, 0.05) is 22.2 Å². The van der Waals surface area contributed by atoms with Crippen molar-refractivity contribution < 1.29 is 14.3 Å². The number of hydrogen-bond donors (Lipinski definition) is 1. The van der Waals surface area contributed by atoms with E-state index in [0.717, 1.165) is 17.5 Å². The summed E-state index contributed by atoms with van der Waals surface area (Å²) in [4.78, 5) is 14.1. The molecule has 1 amide bonds. The van der Waals surface area contributed by atoms with Crippen molar-refractivity contribution in [2.24, 2.45) is 0 Å². The Kier molecular flexibility index (Phi) is 7.58. The molecule has 0 unspecified atom stereocenters. The molecule has 0 bridgehead atoms. The topological polar surface area (TPSA) is 50.8 Å². The highest BCUT2D eigenvalue weighted by Gasteiger charge is 2.29. The van der Waals surface area contributed by atoms with Crippen LogP contribution in [0.3, 0.4) is 0 Å². The first kappa shape index (κ1) is 22.4. The van der Waals surface area contributed by atoms with Gasteiger partial charge in [0.15, 0.2) is 16.6 Å². The van der Waals surface area contributed by atoms with E-state index in [-0.39, 0.29) is 12.5 Å². The van der Waals surface area contributed by atoms with Crippen molar-refractivity contribution in [1.29, 1.82) is 0 Å². The van der Waals surface area contributed by atoms with Crippen molar-refractivity contribution in [3.05, 3.63) is 63.3 Å². The molecule has 0 aromatic heterocycles. The average molecular weight is 465 g/mol. The maximum atomic E-state index is 12.5. The molecule has 0 spiro atoms. The van der Waals surface area contributed by atoms with E-state index in [0.29, 0.717) is 45.5 Å². The molecule has 0 aliphatic carbocycles. The minimum atomic E-state index is -0.127. The van der Waals surface area contributed by atoms with Crippen LogP contribution in [0.15, 0.2) is 42.1 Å². The lowest BCUT2D eigenvalue weighted by Gasteiger charge is -2.13. The molecule has 0 saturated carbocycles. The SMILES string of the molecule is CCCN1C(=O)/C(=C/c2ccc(OCc3ccc(Cl)cc3Cl)c(OCC)c2)NC1=S. The van der Waals surface area contributed by atoms with E-state index in [1.165, 1.54) is 0 Å². The third-order valence-electron chi connectivity index (χ3n) is 4.39. The predicted octanol–water partition coefficient (Wildman–Crippen LogP) is 5.44. The summed E-state index contributed by atoms with van der Waals surface area (Å²) in [5.74, 6) is 1.03. The molecule has 1 N–H and O–H groups in total. The molecule has 5 nitrogen and oxygen atoms in total. The van der Waals surface area contributed by atoms with Gasteiger partial charge in [0.05, 0.1) is 6.61 Å². The number of thiocarbonyl (C=S) groups is 1. The number of carbonyl (C=O) groups is 1. The molecular weight excluding hydrogens is 443 g/mol. The fourth-order valence-electron chi connectivity index (χ4n) is 2.96. The standard InChI is InChI=1S/C22H22Cl2N2O3S/c1-3-9-26-21(27)18(25-22(26)30)10-14-5-8-19(20(11-14)28-4-2)29-13-15-6-7-16(23)12-17(15)24/h5-8,10-12H,3-4,9,13H2,1-2H3,(H,25,30)/b18-10-. The number of ether oxygens (including phenoxy) is 2. The molecule has 0 atom stereocenters. The highest BCUT2D eigenvalue weighted by molar-refractivity contribution is 7.80. The lowest BCUT2D eigenvalue weighted by Crippen LogP contribution is -2.31. The molecule has 2 aromatic carbocycles. The van der Waals surface area contributed by atoms with Crippen LogP contribution in [0.2, 0.25) is 10.0 Å². The van der Waals surface area contributed by atoms with Crippen LogP contribution in [0.5, 0.6) is 11.5 Å². The van der Waals surface area contributed by atoms with E-state index in [9.17, 15) is 4.79 Å². The van der Waals surface area contributed by atoms with Crippen molar-refractivity contribution in [3.8, 4) is 11.5 Å². The summed E-state index contributed by atoms with van der Waals surface area (Å²) in [5, 5.41) is 4.52. The summed E-state index contributed by atoms with van der Waals surface area (Å²) in [6.07, 6.45) is 2.59. The van der Waals surface area contributed by atoms with Crippen LogP contribution < -0.4 is 14.8 Å². The van der Waals surface area contributed by atoms with Gasteiger partial charge in [-0.1, -0.05) is 42.3 Å².